The Kier molecular flexibility index (Phi) is 3.09. The first-order valence-corrected chi connectivity index (χ1v) is 5.56. The van der Waals surface area contributed by atoms with Gasteiger partial charge in [-0.3, -0.25) is 0 Å². The van der Waals surface area contributed by atoms with Crippen LogP contribution >= 0.6 is 0 Å². The molecule has 1 heterocycles. The summed E-state index contributed by atoms with van der Waals surface area (Å²) in [6.45, 7) is 0. The fourth-order valence-corrected chi connectivity index (χ4v) is 1.95. The Morgan fingerprint density at radius 3 is 2.47 bits per heavy atom. The summed E-state index contributed by atoms with van der Waals surface area (Å²) in [5, 5.41) is 4.16. The summed E-state index contributed by atoms with van der Waals surface area (Å²) in [4.78, 5) is 1.95. The van der Waals surface area contributed by atoms with Crippen molar-refractivity contribution in [3.05, 3.63) is 23.9 Å². The van der Waals surface area contributed by atoms with Crippen LogP contribution in [0.2, 0.25) is 0 Å². The van der Waals surface area contributed by atoms with Gasteiger partial charge in [0.15, 0.2) is 0 Å². The van der Waals surface area contributed by atoms with Gasteiger partial charge >= 0.3 is 0 Å². The van der Waals surface area contributed by atoms with Crippen LogP contribution < -0.4 is 4.90 Å². The lowest BCUT2D eigenvalue weighted by atomic mass is 9.96. The van der Waals surface area contributed by atoms with E-state index in [4.69, 9.17) is 4.52 Å². The molecule has 15 heavy (non-hydrogen) atoms. The molecule has 0 radical (unpaired) electrons. The van der Waals surface area contributed by atoms with Crippen LogP contribution in [0, 0.1) is 0 Å². The molecule has 0 spiro atoms. The molecule has 1 aliphatic rings. The number of aromatic nitrogens is 1. The Labute approximate surface area is 90.7 Å². The normalized spacial score (nSPS) is 17.7. The molecule has 0 saturated carbocycles. The minimum atomic E-state index is 0.567. The molecule has 1 aromatic rings. The molecule has 0 amide bonds. The van der Waals surface area contributed by atoms with Gasteiger partial charge in [0, 0.05) is 26.1 Å². The van der Waals surface area contributed by atoms with Crippen molar-refractivity contribution in [2.24, 2.45) is 0 Å². The molecule has 1 aromatic heterocycles. The van der Waals surface area contributed by atoms with E-state index < -0.39 is 0 Å². The van der Waals surface area contributed by atoms with Crippen LogP contribution in [0.4, 0.5) is 5.88 Å². The van der Waals surface area contributed by atoms with E-state index in [1.54, 1.807) is 0 Å². The quantitative estimate of drug-likeness (QED) is 0.697. The SMILES string of the molecule is CN(C)c1cc(C2CCC=CCC2)no1. The van der Waals surface area contributed by atoms with Gasteiger partial charge in [0.1, 0.15) is 0 Å². The van der Waals surface area contributed by atoms with Crippen molar-refractivity contribution in [1.82, 2.24) is 5.16 Å². The average molecular weight is 206 g/mol. The first-order valence-electron chi connectivity index (χ1n) is 5.56. The Balaban J connectivity index is 2.08. The van der Waals surface area contributed by atoms with Crippen molar-refractivity contribution in [1.29, 1.82) is 0 Å². The van der Waals surface area contributed by atoms with E-state index >= 15 is 0 Å². The van der Waals surface area contributed by atoms with Crippen LogP contribution in [0.25, 0.3) is 0 Å². The standard InChI is InChI=1S/C12H18N2O/c1-14(2)12-9-11(13-15-12)10-7-5-3-4-6-8-10/h3-4,9-10H,5-8H2,1-2H3. The van der Waals surface area contributed by atoms with Crippen LogP contribution in [-0.2, 0) is 0 Å². The number of hydrogen-bond donors (Lipinski definition) is 0. The molecular formula is C12H18N2O. The predicted octanol–water partition coefficient (Wildman–Crippen LogP) is 2.95. The third-order valence-corrected chi connectivity index (χ3v) is 2.91. The average Bonchev–Trinajstić information content (AvgIpc) is 2.55. The first kappa shape index (κ1) is 10.3. The van der Waals surface area contributed by atoms with Gasteiger partial charge in [-0.15, -0.1) is 0 Å². The molecule has 3 nitrogen and oxygen atoms in total. The van der Waals surface area contributed by atoms with Crippen LogP contribution in [0.15, 0.2) is 22.7 Å². The van der Waals surface area contributed by atoms with Crippen LogP contribution in [-0.4, -0.2) is 19.3 Å². The van der Waals surface area contributed by atoms with E-state index in [1.807, 2.05) is 19.0 Å². The summed E-state index contributed by atoms with van der Waals surface area (Å²) in [5.41, 5.74) is 1.11. The molecule has 0 bridgehead atoms. The molecule has 1 aliphatic carbocycles. The van der Waals surface area contributed by atoms with Crippen LogP contribution in [0.1, 0.15) is 37.3 Å². The monoisotopic (exact) mass is 206 g/mol. The summed E-state index contributed by atoms with van der Waals surface area (Å²) in [6.07, 6.45) is 9.25. The molecule has 0 unspecified atom stereocenters. The molecule has 0 atom stereocenters. The van der Waals surface area contributed by atoms with Crippen molar-refractivity contribution >= 4 is 5.88 Å². The van der Waals surface area contributed by atoms with E-state index in [9.17, 15) is 0 Å². The molecule has 82 valence electrons. The zero-order valence-corrected chi connectivity index (χ0v) is 9.44. The van der Waals surface area contributed by atoms with E-state index in [-0.39, 0.29) is 0 Å². The minimum absolute atomic E-state index is 0.567. The van der Waals surface area contributed by atoms with Gasteiger partial charge in [0.05, 0.1) is 5.69 Å². The maximum atomic E-state index is 5.28. The number of allylic oxidation sites excluding steroid dienone is 2. The zero-order valence-electron chi connectivity index (χ0n) is 9.44. The van der Waals surface area contributed by atoms with E-state index in [0.29, 0.717) is 5.92 Å². The van der Waals surface area contributed by atoms with E-state index in [2.05, 4.69) is 23.4 Å². The number of nitrogens with zero attached hydrogens (tertiary/aromatic N) is 2. The fourth-order valence-electron chi connectivity index (χ4n) is 1.95. The lowest BCUT2D eigenvalue weighted by Crippen LogP contribution is -2.07. The highest BCUT2D eigenvalue weighted by Crippen LogP contribution is 2.30. The molecule has 0 fully saturated rings. The molecule has 0 N–H and O–H groups in total. The highest BCUT2D eigenvalue weighted by molar-refractivity contribution is 5.34. The summed E-state index contributed by atoms with van der Waals surface area (Å²) in [6, 6.07) is 2.07. The third-order valence-electron chi connectivity index (χ3n) is 2.91. The summed E-state index contributed by atoms with van der Waals surface area (Å²) in [7, 11) is 3.94. The summed E-state index contributed by atoms with van der Waals surface area (Å²) < 4.78 is 5.28. The van der Waals surface area contributed by atoms with Gasteiger partial charge in [0.2, 0.25) is 5.88 Å². The topological polar surface area (TPSA) is 29.3 Å². The van der Waals surface area contributed by atoms with Gasteiger partial charge < -0.3 is 9.42 Å². The fraction of sp³-hybridized carbons (Fsp3) is 0.583. The van der Waals surface area contributed by atoms with Crippen molar-refractivity contribution in [3.63, 3.8) is 0 Å². The highest BCUT2D eigenvalue weighted by Gasteiger charge is 2.17. The van der Waals surface area contributed by atoms with Crippen LogP contribution in [0.5, 0.6) is 0 Å². The van der Waals surface area contributed by atoms with Crippen molar-refractivity contribution in [2.45, 2.75) is 31.6 Å². The van der Waals surface area contributed by atoms with Gasteiger partial charge in [-0.2, -0.15) is 0 Å². The van der Waals surface area contributed by atoms with Gasteiger partial charge in [0.25, 0.3) is 0 Å². The number of rotatable bonds is 2. The second-order valence-corrected chi connectivity index (χ2v) is 4.31. The van der Waals surface area contributed by atoms with Gasteiger partial charge in [-0.25, -0.2) is 0 Å². The Morgan fingerprint density at radius 1 is 1.27 bits per heavy atom. The van der Waals surface area contributed by atoms with E-state index in [0.717, 1.165) is 24.4 Å². The van der Waals surface area contributed by atoms with E-state index in [1.165, 1.54) is 12.8 Å². The number of anilines is 1. The maximum Gasteiger partial charge on any atom is 0.226 e. The largest absolute Gasteiger partial charge is 0.347 e. The summed E-state index contributed by atoms with van der Waals surface area (Å²) in [5.74, 6) is 1.42. The van der Waals surface area contributed by atoms with Crippen molar-refractivity contribution < 1.29 is 4.52 Å². The Hall–Kier alpha value is -1.25. The summed E-state index contributed by atoms with van der Waals surface area (Å²) >= 11 is 0. The van der Waals surface area contributed by atoms with Crippen LogP contribution in [0.3, 0.4) is 0 Å². The highest BCUT2D eigenvalue weighted by atomic mass is 16.5. The molecule has 3 heteroatoms. The minimum Gasteiger partial charge on any atom is -0.347 e. The molecule has 0 aromatic carbocycles. The predicted molar refractivity (Wildman–Crippen MR) is 61.2 cm³/mol. The molecular weight excluding hydrogens is 188 g/mol. The third kappa shape index (κ3) is 2.41. The lowest BCUT2D eigenvalue weighted by Gasteiger charge is -2.09. The second-order valence-electron chi connectivity index (χ2n) is 4.31. The first-order chi connectivity index (χ1) is 7.27. The molecule has 2 rings (SSSR count). The van der Waals surface area contributed by atoms with Gasteiger partial charge in [-0.1, -0.05) is 17.3 Å². The number of hydrogen-bond acceptors (Lipinski definition) is 3. The molecule has 0 saturated heterocycles. The van der Waals surface area contributed by atoms with Crippen molar-refractivity contribution in [2.75, 3.05) is 19.0 Å². The maximum absolute atomic E-state index is 5.28. The van der Waals surface area contributed by atoms with Crippen molar-refractivity contribution in [3.8, 4) is 0 Å². The smallest absolute Gasteiger partial charge is 0.226 e. The second kappa shape index (κ2) is 4.51. The van der Waals surface area contributed by atoms with Gasteiger partial charge in [-0.05, 0) is 25.7 Å². The Bertz CT molecular complexity index is 331. The zero-order chi connectivity index (χ0) is 10.7. The molecule has 0 aliphatic heterocycles. The Morgan fingerprint density at radius 2 is 1.93 bits per heavy atom. The lowest BCUT2D eigenvalue weighted by molar-refractivity contribution is 0.404.